The topological polar surface area (TPSA) is 49.3 Å². The molecule has 0 rings (SSSR count). The van der Waals surface area contributed by atoms with E-state index in [4.69, 9.17) is 5.11 Å². The fraction of sp³-hybridized carbons (Fsp3) is 0.833. The standard InChI is InChI=1S/C18H35NO2/c1-3-4-5-6-7-8-9-10-11-12-15-19-16-13-14-17(2)18(20)21/h19H,2-16H2,1H3,(H,20,21). The highest BCUT2D eigenvalue weighted by atomic mass is 16.4. The van der Waals surface area contributed by atoms with Crippen molar-refractivity contribution >= 4 is 5.97 Å². The first-order valence-electron chi connectivity index (χ1n) is 8.80. The minimum atomic E-state index is -0.871. The van der Waals surface area contributed by atoms with Crippen molar-refractivity contribution in [3.05, 3.63) is 12.2 Å². The van der Waals surface area contributed by atoms with Crippen LogP contribution in [0, 0.1) is 0 Å². The first kappa shape index (κ1) is 20.2. The number of hydrogen-bond donors (Lipinski definition) is 2. The van der Waals surface area contributed by atoms with E-state index < -0.39 is 5.97 Å². The number of rotatable bonds is 16. The molecule has 21 heavy (non-hydrogen) atoms. The summed E-state index contributed by atoms with van der Waals surface area (Å²) in [6.45, 7) is 7.73. The summed E-state index contributed by atoms with van der Waals surface area (Å²) in [6, 6.07) is 0. The van der Waals surface area contributed by atoms with Gasteiger partial charge in [0.2, 0.25) is 0 Å². The second-order valence-corrected chi connectivity index (χ2v) is 5.94. The Morgan fingerprint density at radius 1 is 0.857 bits per heavy atom. The Morgan fingerprint density at radius 3 is 1.86 bits per heavy atom. The van der Waals surface area contributed by atoms with Crippen molar-refractivity contribution < 1.29 is 9.90 Å². The number of nitrogens with one attached hydrogen (secondary N) is 1. The Balaban J connectivity index is 3.06. The maximum Gasteiger partial charge on any atom is 0.330 e. The Morgan fingerprint density at radius 2 is 1.33 bits per heavy atom. The average molecular weight is 297 g/mol. The average Bonchev–Trinajstić information content (AvgIpc) is 2.47. The highest BCUT2D eigenvalue weighted by Gasteiger charge is 2.02. The molecule has 0 aromatic rings. The summed E-state index contributed by atoms with van der Waals surface area (Å²) in [7, 11) is 0. The largest absolute Gasteiger partial charge is 0.478 e. The van der Waals surface area contributed by atoms with Crippen LogP contribution in [0.3, 0.4) is 0 Å². The second kappa shape index (κ2) is 15.6. The van der Waals surface area contributed by atoms with Gasteiger partial charge in [-0.15, -0.1) is 0 Å². The number of carbonyl (C=O) groups is 1. The molecule has 0 atom stereocenters. The van der Waals surface area contributed by atoms with Crippen LogP contribution in [0.25, 0.3) is 0 Å². The van der Waals surface area contributed by atoms with E-state index in [2.05, 4.69) is 18.8 Å². The van der Waals surface area contributed by atoms with Gasteiger partial charge in [0.15, 0.2) is 0 Å². The van der Waals surface area contributed by atoms with Crippen LogP contribution >= 0.6 is 0 Å². The van der Waals surface area contributed by atoms with Crippen LogP contribution in [0.2, 0.25) is 0 Å². The van der Waals surface area contributed by atoms with E-state index in [1.165, 1.54) is 64.2 Å². The number of carboxylic acid groups (broad SMARTS) is 1. The van der Waals surface area contributed by atoms with Crippen LogP contribution in [0.15, 0.2) is 12.2 Å². The minimum Gasteiger partial charge on any atom is -0.478 e. The van der Waals surface area contributed by atoms with Crippen LogP contribution in [0.4, 0.5) is 0 Å². The lowest BCUT2D eigenvalue weighted by atomic mass is 10.1. The molecule has 0 bridgehead atoms. The molecule has 3 nitrogen and oxygen atoms in total. The number of aliphatic carboxylic acids is 1. The van der Waals surface area contributed by atoms with Gasteiger partial charge in [0, 0.05) is 5.57 Å². The van der Waals surface area contributed by atoms with Crippen molar-refractivity contribution in [3.8, 4) is 0 Å². The number of hydrogen-bond acceptors (Lipinski definition) is 2. The van der Waals surface area contributed by atoms with Crippen LogP contribution in [0.1, 0.15) is 84.0 Å². The van der Waals surface area contributed by atoms with Gasteiger partial charge in [-0.3, -0.25) is 0 Å². The third-order valence-corrected chi connectivity index (χ3v) is 3.84. The molecule has 0 aromatic heterocycles. The van der Waals surface area contributed by atoms with E-state index in [9.17, 15) is 4.79 Å². The van der Waals surface area contributed by atoms with Crippen molar-refractivity contribution in [2.24, 2.45) is 0 Å². The summed E-state index contributed by atoms with van der Waals surface area (Å²) in [5.74, 6) is -0.871. The molecule has 0 unspecified atom stereocenters. The first-order chi connectivity index (χ1) is 10.2. The SMILES string of the molecule is C=C(CCCNCCCCCCCCCCCC)C(=O)O. The van der Waals surface area contributed by atoms with Gasteiger partial charge in [0.1, 0.15) is 0 Å². The molecule has 2 N–H and O–H groups in total. The lowest BCUT2D eigenvalue weighted by Gasteiger charge is -2.05. The summed E-state index contributed by atoms with van der Waals surface area (Å²) in [6.07, 6.45) is 15.1. The summed E-state index contributed by atoms with van der Waals surface area (Å²) >= 11 is 0. The molecule has 0 aromatic carbocycles. The van der Waals surface area contributed by atoms with Gasteiger partial charge in [-0.2, -0.15) is 0 Å². The van der Waals surface area contributed by atoms with Crippen molar-refractivity contribution in [1.29, 1.82) is 0 Å². The third kappa shape index (κ3) is 15.4. The molecule has 0 saturated carbocycles. The molecule has 0 aliphatic heterocycles. The van der Waals surface area contributed by atoms with Gasteiger partial charge in [0.05, 0.1) is 0 Å². The summed E-state index contributed by atoms with van der Waals surface area (Å²) in [5, 5.41) is 12.0. The highest BCUT2D eigenvalue weighted by molar-refractivity contribution is 5.85. The van der Waals surface area contributed by atoms with E-state index in [1.54, 1.807) is 0 Å². The molecular weight excluding hydrogens is 262 g/mol. The van der Waals surface area contributed by atoms with E-state index in [-0.39, 0.29) is 0 Å². The van der Waals surface area contributed by atoms with Crippen molar-refractivity contribution in [3.63, 3.8) is 0 Å². The van der Waals surface area contributed by atoms with E-state index >= 15 is 0 Å². The van der Waals surface area contributed by atoms with E-state index in [0.717, 1.165) is 19.5 Å². The van der Waals surface area contributed by atoms with Gasteiger partial charge >= 0.3 is 5.97 Å². The zero-order valence-corrected chi connectivity index (χ0v) is 14.0. The van der Waals surface area contributed by atoms with Crippen molar-refractivity contribution in [1.82, 2.24) is 5.32 Å². The number of carboxylic acids is 1. The molecule has 0 radical (unpaired) electrons. The molecule has 0 aliphatic rings. The lowest BCUT2D eigenvalue weighted by molar-refractivity contribution is -0.132. The predicted octanol–water partition coefficient (Wildman–Crippen LogP) is 4.92. The monoisotopic (exact) mass is 297 g/mol. The molecule has 0 aliphatic carbocycles. The van der Waals surface area contributed by atoms with E-state index in [1.807, 2.05) is 0 Å². The third-order valence-electron chi connectivity index (χ3n) is 3.84. The van der Waals surface area contributed by atoms with Gasteiger partial charge in [-0.05, 0) is 32.4 Å². The molecule has 0 saturated heterocycles. The molecule has 3 heteroatoms. The Bertz CT molecular complexity index is 264. The lowest BCUT2D eigenvalue weighted by Crippen LogP contribution is -2.17. The molecule has 0 fully saturated rings. The Labute approximate surface area is 131 Å². The zero-order valence-electron chi connectivity index (χ0n) is 14.0. The summed E-state index contributed by atoms with van der Waals surface area (Å²) in [5.41, 5.74) is 0.315. The normalized spacial score (nSPS) is 10.7. The predicted molar refractivity (Wildman–Crippen MR) is 90.7 cm³/mol. The number of unbranched alkanes of at least 4 members (excludes halogenated alkanes) is 9. The molecule has 0 spiro atoms. The molecule has 124 valence electrons. The van der Waals surface area contributed by atoms with Crippen LogP contribution in [-0.2, 0) is 4.79 Å². The summed E-state index contributed by atoms with van der Waals surface area (Å²) < 4.78 is 0. The van der Waals surface area contributed by atoms with Crippen LogP contribution in [0.5, 0.6) is 0 Å². The molecule has 0 amide bonds. The van der Waals surface area contributed by atoms with Gasteiger partial charge in [0.25, 0.3) is 0 Å². The van der Waals surface area contributed by atoms with E-state index in [0.29, 0.717) is 12.0 Å². The van der Waals surface area contributed by atoms with Gasteiger partial charge in [-0.25, -0.2) is 4.79 Å². The second-order valence-electron chi connectivity index (χ2n) is 5.94. The maximum atomic E-state index is 10.5. The van der Waals surface area contributed by atoms with Crippen molar-refractivity contribution in [2.45, 2.75) is 84.0 Å². The Hall–Kier alpha value is -0.830. The first-order valence-corrected chi connectivity index (χ1v) is 8.80. The maximum absolute atomic E-state index is 10.5. The highest BCUT2D eigenvalue weighted by Crippen LogP contribution is 2.10. The smallest absolute Gasteiger partial charge is 0.330 e. The van der Waals surface area contributed by atoms with Gasteiger partial charge in [-0.1, -0.05) is 71.3 Å². The molecular formula is C18H35NO2. The van der Waals surface area contributed by atoms with Crippen LogP contribution < -0.4 is 5.32 Å². The van der Waals surface area contributed by atoms with Gasteiger partial charge < -0.3 is 10.4 Å². The van der Waals surface area contributed by atoms with Crippen LogP contribution in [-0.4, -0.2) is 24.2 Å². The fourth-order valence-corrected chi connectivity index (χ4v) is 2.40. The molecule has 0 heterocycles. The quantitative estimate of drug-likeness (QED) is 0.314. The van der Waals surface area contributed by atoms with Crippen molar-refractivity contribution in [2.75, 3.05) is 13.1 Å². The zero-order chi connectivity index (χ0) is 15.8. The Kier molecular flexibility index (Phi) is 14.9. The fourth-order valence-electron chi connectivity index (χ4n) is 2.40. The summed E-state index contributed by atoms with van der Waals surface area (Å²) in [4.78, 5) is 10.5. The minimum absolute atomic E-state index is 0.315.